The van der Waals surface area contributed by atoms with Crippen molar-refractivity contribution in [2.75, 3.05) is 3.71 Å². The van der Waals surface area contributed by atoms with Gasteiger partial charge in [-0.25, -0.2) is 16.8 Å². The first-order chi connectivity index (χ1) is 13.0. The monoisotopic (exact) mass is 423 g/mol. The van der Waals surface area contributed by atoms with E-state index >= 15 is 0 Å². The smallest absolute Gasteiger partial charge is 0.200 e. The van der Waals surface area contributed by atoms with E-state index in [-0.39, 0.29) is 15.5 Å². The maximum atomic E-state index is 13.4. The lowest BCUT2D eigenvalue weighted by Crippen LogP contribution is -2.38. The van der Waals surface area contributed by atoms with Crippen molar-refractivity contribution in [3.63, 3.8) is 0 Å². The van der Waals surface area contributed by atoms with Crippen LogP contribution in [-0.4, -0.2) is 16.8 Å². The third-order valence-electron chi connectivity index (χ3n) is 4.12. The molecular weight excluding hydrogens is 394 g/mol. The van der Waals surface area contributed by atoms with Gasteiger partial charge >= 0.3 is 0 Å². The van der Waals surface area contributed by atoms with Crippen LogP contribution in [-0.2, 0) is 20.0 Å². The summed E-state index contributed by atoms with van der Waals surface area (Å²) in [5.41, 5.74) is 1.83. The van der Waals surface area contributed by atoms with E-state index in [0.29, 0.717) is 14.8 Å². The third kappa shape index (κ3) is 4.83. The Morgan fingerprint density at radius 3 is 1.86 bits per heavy atom. The molecule has 0 aliphatic heterocycles. The van der Waals surface area contributed by atoms with Crippen molar-refractivity contribution >= 4 is 25.7 Å². The predicted octanol–water partition coefficient (Wildman–Crippen LogP) is 5.17. The molecule has 0 saturated carbocycles. The molecule has 0 saturated heterocycles. The SMILES string of the molecule is CC.CC(C)=C(C)S(=O)(=O)N(c1ccccc1)S(=O)(=O)c1cc(C)ccc1C. The van der Waals surface area contributed by atoms with Gasteiger partial charge in [0.1, 0.15) is 0 Å². The standard InChI is InChI=1S/C19H23NO4S2.C2H6/c1-14(2)17(5)25(21,22)20(18-9-7-6-8-10-18)26(23,24)19-13-15(3)11-12-16(19)4;1-2/h6-13H,1-5H3;1-2H3. The summed E-state index contributed by atoms with van der Waals surface area (Å²) in [5, 5.41) is 0. The maximum Gasteiger partial charge on any atom is 0.277 e. The van der Waals surface area contributed by atoms with E-state index < -0.39 is 20.0 Å². The number of rotatable bonds is 5. The molecule has 0 bridgehead atoms. The second-order valence-corrected chi connectivity index (χ2v) is 10.3. The molecule has 2 aromatic carbocycles. The van der Waals surface area contributed by atoms with Gasteiger partial charge in [0.25, 0.3) is 20.0 Å². The molecule has 0 N–H and O–H groups in total. The normalized spacial score (nSPS) is 11.2. The summed E-state index contributed by atoms with van der Waals surface area (Å²) in [4.78, 5) is -0.0123. The molecule has 0 aliphatic rings. The van der Waals surface area contributed by atoms with Gasteiger partial charge in [-0.15, -0.1) is 0 Å². The summed E-state index contributed by atoms with van der Waals surface area (Å²) in [7, 11) is -8.60. The molecule has 28 heavy (non-hydrogen) atoms. The minimum Gasteiger partial charge on any atom is -0.200 e. The van der Waals surface area contributed by atoms with Crippen molar-refractivity contribution < 1.29 is 16.8 Å². The molecular formula is C21H29NO4S2. The van der Waals surface area contributed by atoms with E-state index in [4.69, 9.17) is 0 Å². The van der Waals surface area contributed by atoms with E-state index in [9.17, 15) is 16.8 Å². The zero-order chi connectivity index (χ0) is 21.7. The lowest BCUT2D eigenvalue weighted by atomic mass is 10.2. The molecule has 7 heteroatoms. The molecule has 2 rings (SSSR count). The largest absolute Gasteiger partial charge is 0.277 e. The van der Waals surface area contributed by atoms with Crippen molar-refractivity contribution in [2.45, 2.75) is 53.4 Å². The van der Waals surface area contributed by atoms with Crippen molar-refractivity contribution in [3.05, 3.63) is 70.1 Å². The molecule has 0 fully saturated rings. The van der Waals surface area contributed by atoms with E-state index in [1.807, 2.05) is 13.8 Å². The van der Waals surface area contributed by atoms with Crippen molar-refractivity contribution in [1.82, 2.24) is 0 Å². The number of hydrogen-bond donors (Lipinski definition) is 0. The Balaban J connectivity index is 0.00000190. The predicted molar refractivity (Wildman–Crippen MR) is 116 cm³/mol. The first-order valence-corrected chi connectivity index (χ1v) is 11.9. The first kappa shape index (κ1) is 23.9. The average Bonchev–Trinajstić information content (AvgIpc) is 2.65. The van der Waals surface area contributed by atoms with Gasteiger partial charge in [0, 0.05) is 0 Å². The third-order valence-corrected chi connectivity index (χ3v) is 8.77. The van der Waals surface area contributed by atoms with Crippen LogP contribution in [0.5, 0.6) is 0 Å². The van der Waals surface area contributed by atoms with Crippen molar-refractivity contribution in [3.8, 4) is 0 Å². The maximum absolute atomic E-state index is 13.4. The number of anilines is 1. The molecule has 0 spiro atoms. The molecule has 0 aliphatic carbocycles. The summed E-state index contributed by atoms with van der Waals surface area (Å²) in [6.07, 6.45) is 0. The Kier molecular flexibility index (Phi) is 8.02. The summed E-state index contributed by atoms with van der Waals surface area (Å²) in [6, 6.07) is 12.8. The highest BCUT2D eigenvalue weighted by Gasteiger charge is 2.37. The molecule has 0 aromatic heterocycles. The minimum absolute atomic E-state index is 0.00948. The van der Waals surface area contributed by atoms with Crippen LogP contribution in [0, 0.1) is 13.8 Å². The Morgan fingerprint density at radius 1 is 0.821 bits per heavy atom. The van der Waals surface area contributed by atoms with E-state index in [1.54, 1.807) is 58.0 Å². The molecule has 0 radical (unpaired) electrons. The van der Waals surface area contributed by atoms with Crippen LogP contribution in [0.4, 0.5) is 5.69 Å². The number of nitrogens with zero attached hydrogens (tertiary/aromatic N) is 1. The fourth-order valence-corrected chi connectivity index (χ4v) is 6.57. The number of benzene rings is 2. The minimum atomic E-state index is -4.33. The van der Waals surface area contributed by atoms with Gasteiger partial charge < -0.3 is 0 Å². The molecule has 2 aromatic rings. The van der Waals surface area contributed by atoms with E-state index in [1.165, 1.54) is 25.1 Å². The highest BCUT2D eigenvalue weighted by Crippen LogP contribution is 2.32. The number of allylic oxidation sites excluding steroid dienone is 2. The fourth-order valence-electron chi connectivity index (χ4n) is 2.41. The van der Waals surface area contributed by atoms with Crippen LogP contribution in [0.15, 0.2) is 63.9 Å². The van der Waals surface area contributed by atoms with Gasteiger partial charge in [-0.3, -0.25) is 0 Å². The quantitative estimate of drug-likeness (QED) is 0.665. The van der Waals surface area contributed by atoms with Crippen LogP contribution >= 0.6 is 0 Å². The summed E-state index contributed by atoms with van der Waals surface area (Å²) >= 11 is 0. The van der Waals surface area contributed by atoms with E-state index in [0.717, 1.165) is 5.56 Å². The van der Waals surface area contributed by atoms with Crippen molar-refractivity contribution in [1.29, 1.82) is 0 Å². The Bertz CT molecular complexity index is 1050. The lowest BCUT2D eigenvalue weighted by Gasteiger charge is -2.25. The topological polar surface area (TPSA) is 71.5 Å². The second-order valence-electron chi connectivity index (χ2n) is 6.37. The Hall–Kier alpha value is -2.12. The molecule has 0 amide bonds. The van der Waals surface area contributed by atoms with Crippen LogP contribution in [0.25, 0.3) is 0 Å². The van der Waals surface area contributed by atoms with Gasteiger partial charge in [0.05, 0.1) is 15.5 Å². The summed E-state index contributed by atoms with van der Waals surface area (Å²) in [5.74, 6) is 0. The van der Waals surface area contributed by atoms with Gasteiger partial charge in [-0.2, -0.15) is 3.71 Å². The van der Waals surface area contributed by atoms with Gasteiger partial charge in [-0.05, 0) is 63.9 Å². The molecule has 0 heterocycles. The highest BCUT2D eigenvalue weighted by atomic mass is 32.3. The first-order valence-electron chi connectivity index (χ1n) is 9.06. The molecule has 0 unspecified atom stereocenters. The number of sulfonamides is 2. The van der Waals surface area contributed by atoms with Crippen LogP contribution in [0.3, 0.4) is 0 Å². The highest BCUT2D eigenvalue weighted by molar-refractivity contribution is 8.12. The van der Waals surface area contributed by atoms with Gasteiger partial charge in [-0.1, -0.05) is 49.8 Å². The zero-order valence-corrected chi connectivity index (χ0v) is 19.1. The molecule has 5 nitrogen and oxygen atoms in total. The zero-order valence-electron chi connectivity index (χ0n) is 17.5. The Morgan fingerprint density at radius 2 is 1.36 bits per heavy atom. The van der Waals surface area contributed by atoms with Crippen molar-refractivity contribution in [2.24, 2.45) is 0 Å². The van der Waals surface area contributed by atoms with Crippen LogP contribution in [0.2, 0.25) is 0 Å². The van der Waals surface area contributed by atoms with Crippen LogP contribution in [0.1, 0.15) is 45.7 Å². The summed E-state index contributed by atoms with van der Waals surface area (Å²) < 4.78 is 53.7. The Labute approximate surface area is 169 Å². The molecule has 0 atom stereocenters. The van der Waals surface area contributed by atoms with Crippen LogP contribution < -0.4 is 3.71 Å². The fraction of sp³-hybridized carbons (Fsp3) is 0.333. The lowest BCUT2D eigenvalue weighted by molar-refractivity contribution is 0.586. The number of para-hydroxylation sites is 1. The summed E-state index contributed by atoms with van der Waals surface area (Å²) in [6.45, 7) is 12.1. The van der Waals surface area contributed by atoms with Gasteiger partial charge in [0.15, 0.2) is 0 Å². The number of hydrogen-bond acceptors (Lipinski definition) is 4. The number of aryl methyl sites for hydroxylation is 2. The second kappa shape index (κ2) is 9.39. The molecule has 154 valence electrons. The van der Waals surface area contributed by atoms with E-state index in [2.05, 4.69) is 0 Å². The average molecular weight is 424 g/mol. The van der Waals surface area contributed by atoms with Gasteiger partial charge in [0.2, 0.25) is 0 Å².